The number of amides is 1. The molecule has 196 valence electrons. The Labute approximate surface area is 221 Å². The molecule has 38 heavy (non-hydrogen) atoms. The van der Waals surface area contributed by atoms with E-state index in [1.807, 2.05) is 30.3 Å². The van der Waals surface area contributed by atoms with Crippen LogP contribution in [-0.2, 0) is 17.6 Å². The minimum Gasteiger partial charge on any atom is -0.492 e. The molecule has 8 heteroatoms. The second kappa shape index (κ2) is 10.9. The average molecular weight is 513 g/mol. The highest BCUT2D eigenvalue weighted by molar-refractivity contribution is 6.03. The Balaban J connectivity index is 1.00. The number of hydrogen-bond acceptors (Lipinski definition) is 7. The zero-order chi connectivity index (χ0) is 25.9. The number of piperazine rings is 1. The van der Waals surface area contributed by atoms with E-state index < -0.39 is 0 Å². The zero-order valence-electron chi connectivity index (χ0n) is 21.4. The van der Waals surface area contributed by atoms with E-state index in [2.05, 4.69) is 21.2 Å². The van der Waals surface area contributed by atoms with Crippen molar-refractivity contribution in [3.63, 3.8) is 0 Å². The van der Waals surface area contributed by atoms with Crippen molar-refractivity contribution in [2.75, 3.05) is 51.2 Å². The monoisotopic (exact) mass is 512 g/mol. The van der Waals surface area contributed by atoms with Gasteiger partial charge in [0.05, 0.1) is 17.7 Å². The first-order chi connectivity index (χ1) is 18.6. The zero-order valence-corrected chi connectivity index (χ0v) is 21.4. The fraction of sp³-hybridized carbons (Fsp3) is 0.367. The fourth-order valence-electron chi connectivity index (χ4n) is 5.49. The summed E-state index contributed by atoms with van der Waals surface area (Å²) in [5, 5.41) is 5.16. The second-order valence-electron chi connectivity index (χ2n) is 10.1. The molecule has 0 atom stereocenters. The van der Waals surface area contributed by atoms with Gasteiger partial charge in [-0.1, -0.05) is 18.2 Å². The van der Waals surface area contributed by atoms with Crippen LogP contribution >= 0.6 is 0 Å². The average Bonchev–Trinajstić information content (AvgIpc) is 2.93. The van der Waals surface area contributed by atoms with E-state index in [4.69, 9.17) is 14.1 Å². The molecular weight excluding hydrogens is 480 g/mol. The van der Waals surface area contributed by atoms with Gasteiger partial charge in [0.1, 0.15) is 17.9 Å². The van der Waals surface area contributed by atoms with E-state index in [1.165, 1.54) is 11.6 Å². The van der Waals surface area contributed by atoms with E-state index in [9.17, 15) is 9.59 Å². The van der Waals surface area contributed by atoms with Crippen LogP contribution in [0.3, 0.4) is 0 Å². The molecule has 1 aliphatic heterocycles. The van der Waals surface area contributed by atoms with Crippen molar-refractivity contribution >= 4 is 33.5 Å². The van der Waals surface area contributed by atoms with Crippen LogP contribution in [0.1, 0.15) is 24.1 Å². The number of aryl methyl sites for hydroxylation is 1. The summed E-state index contributed by atoms with van der Waals surface area (Å²) in [5.74, 6) is 0.724. The highest BCUT2D eigenvalue weighted by atomic mass is 16.5. The number of pyridine rings is 1. The Morgan fingerprint density at radius 3 is 2.66 bits per heavy atom. The van der Waals surface area contributed by atoms with Gasteiger partial charge in [0.15, 0.2) is 0 Å². The number of nitrogens with zero attached hydrogens (tertiary/aromatic N) is 3. The number of nitrogens with one attached hydrogen (secondary N) is 1. The van der Waals surface area contributed by atoms with Crippen LogP contribution < -0.4 is 15.7 Å². The standard InChI is InChI=1S/C30H32N4O4/c35-28(32-30-23-5-1-3-7-25(23)31-26-8-4-2-6-24(26)30)20-34-15-13-33(14-16-34)17-18-37-22-11-9-21-10-12-29(36)38-27(21)19-22/h1,3,5,7,9-12,19H,2,4,6,8,13-18,20H2,(H,31,32,35). The van der Waals surface area contributed by atoms with Crippen LogP contribution in [0.4, 0.5) is 5.69 Å². The highest BCUT2D eigenvalue weighted by Crippen LogP contribution is 2.33. The lowest BCUT2D eigenvalue weighted by Gasteiger charge is -2.34. The van der Waals surface area contributed by atoms with Crippen LogP contribution in [-0.4, -0.2) is 66.6 Å². The molecule has 6 rings (SSSR count). The van der Waals surface area contributed by atoms with Gasteiger partial charge >= 0.3 is 5.63 Å². The summed E-state index contributed by atoms with van der Waals surface area (Å²) in [6.07, 6.45) is 4.24. The molecule has 2 aromatic heterocycles. The number of fused-ring (bicyclic) bond motifs is 3. The van der Waals surface area contributed by atoms with E-state index in [0.717, 1.165) is 86.1 Å². The molecule has 1 amide bonds. The molecule has 1 N–H and O–H groups in total. The molecule has 8 nitrogen and oxygen atoms in total. The van der Waals surface area contributed by atoms with Gasteiger partial charge in [0.2, 0.25) is 5.91 Å². The van der Waals surface area contributed by atoms with Crippen molar-refractivity contribution < 1.29 is 13.9 Å². The summed E-state index contributed by atoms with van der Waals surface area (Å²) in [6.45, 7) is 5.18. The van der Waals surface area contributed by atoms with Gasteiger partial charge in [-0.2, -0.15) is 0 Å². The number of rotatable bonds is 7. The lowest BCUT2D eigenvalue weighted by atomic mass is 9.92. The van der Waals surface area contributed by atoms with Crippen LogP contribution in [0.15, 0.2) is 63.8 Å². The van der Waals surface area contributed by atoms with Crippen molar-refractivity contribution in [1.29, 1.82) is 0 Å². The smallest absolute Gasteiger partial charge is 0.336 e. The molecule has 3 heterocycles. The van der Waals surface area contributed by atoms with Crippen molar-refractivity contribution in [2.24, 2.45) is 0 Å². The van der Waals surface area contributed by atoms with Gasteiger partial charge in [-0.3, -0.25) is 19.6 Å². The van der Waals surface area contributed by atoms with Gasteiger partial charge < -0.3 is 14.5 Å². The van der Waals surface area contributed by atoms with Crippen LogP contribution in [0.25, 0.3) is 21.9 Å². The number of aromatic nitrogens is 1. The molecule has 1 fully saturated rings. The lowest BCUT2D eigenvalue weighted by molar-refractivity contribution is -0.117. The number of benzene rings is 2. The molecule has 1 saturated heterocycles. The van der Waals surface area contributed by atoms with E-state index in [-0.39, 0.29) is 11.5 Å². The molecule has 4 aromatic rings. The number of hydrogen-bond donors (Lipinski definition) is 1. The van der Waals surface area contributed by atoms with E-state index in [0.29, 0.717) is 24.5 Å². The molecule has 0 unspecified atom stereocenters. The minimum absolute atomic E-state index is 0.0360. The largest absolute Gasteiger partial charge is 0.492 e. The maximum Gasteiger partial charge on any atom is 0.336 e. The molecule has 0 spiro atoms. The summed E-state index contributed by atoms with van der Waals surface area (Å²) in [7, 11) is 0. The first kappa shape index (κ1) is 24.6. The quantitative estimate of drug-likeness (QED) is 0.376. The van der Waals surface area contributed by atoms with Crippen LogP contribution in [0, 0.1) is 0 Å². The maximum absolute atomic E-state index is 13.1. The third-order valence-corrected chi connectivity index (χ3v) is 7.54. The number of carbonyl (C=O) groups is 1. The van der Waals surface area contributed by atoms with Gasteiger partial charge in [0.25, 0.3) is 0 Å². The fourth-order valence-corrected chi connectivity index (χ4v) is 5.49. The topological polar surface area (TPSA) is 87.9 Å². The molecule has 2 aromatic carbocycles. The number of carbonyl (C=O) groups excluding carboxylic acids is 1. The Morgan fingerprint density at radius 1 is 0.974 bits per heavy atom. The van der Waals surface area contributed by atoms with Gasteiger partial charge in [-0.05, 0) is 55.5 Å². The Morgan fingerprint density at radius 2 is 1.76 bits per heavy atom. The lowest BCUT2D eigenvalue weighted by Crippen LogP contribution is -2.49. The van der Waals surface area contributed by atoms with Crippen molar-refractivity contribution in [3.05, 3.63) is 76.3 Å². The van der Waals surface area contributed by atoms with Gasteiger partial charge in [-0.25, -0.2) is 4.79 Å². The molecular formula is C30H32N4O4. The third kappa shape index (κ3) is 5.42. The maximum atomic E-state index is 13.1. The summed E-state index contributed by atoms with van der Waals surface area (Å²) in [5.41, 5.74) is 4.42. The van der Waals surface area contributed by atoms with Gasteiger partial charge in [0, 0.05) is 61.3 Å². The van der Waals surface area contributed by atoms with Crippen LogP contribution in [0.5, 0.6) is 5.75 Å². The van der Waals surface area contributed by atoms with E-state index in [1.54, 1.807) is 12.1 Å². The molecule has 1 aliphatic carbocycles. The Hall–Kier alpha value is -3.75. The first-order valence-corrected chi connectivity index (χ1v) is 13.4. The molecule has 2 aliphatic rings. The van der Waals surface area contributed by atoms with E-state index >= 15 is 0 Å². The predicted molar refractivity (Wildman–Crippen MR) is 148 cm³/mol. The van der Waals surface area contributed by atoms with Gasteiger partial charge in [-0.15, -0.1) is 0 Å². The predicted octanol–water partition coefficient (Wildman–Crippen LogP) is 3.86. The minimum atomic E-state index is -0.366. The summed E-state index contributed by atoms with van der Waals surface area (Å²) in [6, 6.07) is 16.8. The molecule has 0 saturated carbocycles. The molecule has 0 radical (unpaired) electrons. The SMILES string of the molecule is O=C(CN1CCN(CCOc2ccc3ccc(=O)oc3c2)CC1)Nc1c2c(nc3ccccc13)CCCC2. The van der Waals surface area contributed by atoms with Crippen molar-refractivity contribution in [3.8, 4) is 5.75 Å². The highest BCUT2D eigenvalue weighted by Gasteiger charge is 2.22. The summed E-state index contributed by atoms with van der Waals surface area (Å²) >= 11 is 0. The third-order valence-electron chi connectivity index (χ3n) is 7.54. The number of para-hydroxylation sites is 1. The number of ether oxygens (including phenoxy) is 1. The molecule has 0 bridgehead atoms. The number of anilines is 1. The van der Waals surface area contributed by atoms with Crippen molar-refractivity contribution in [2.45, 2.75) is 25.7 Å². The first-order valence-electron chi connectivity index (χ1n) is 13.4. The van der Waals surface area contributed by atoms with Crippen LogP contribution in [0.2, 0.25) is 0 Å². The van der Waals surface area contributed by atoms with Crippen molar-refractivity contribution in [1.82, 2.24) is 14.8 Å². The summed E-state index contributed by atoms with van der Waals surface area (Å²) < 4.78 is 11.1. The summed E-state index contributed by atoms with van der Waals surface area (Å²) in [4.78, 5) is 34.0. The normalized spacial score (nSPS) is 16.4. The Kier molecular flexibility index (Phi) is 7.07. The second-order valence-corrected chi connectivity index (χ2v) is 10.1. The Bertz CT molecular complexity index is 1520.